The third kappa shape index (κ3) is 6.42. The third-order valence-corrected chi connectivity index (χ3v) is 10.1. The van der Waals surface area contributed by atoms with Gasteiger partial charge in [-0.3, -0.25) is 0 Å². The molecule has 0 aliphatic heterocycles. The van der Waals surface area contributed by atoms with Crippen molar-refractivity contribution >= 4 is 27.8 Å². The van der Waals surface area contributed by atoms with Crippen LogP contribution >= 0.6 is 0 Å². The average molecular weight is 676 g/mol. The summed E-state index contributed by atoms with van der Waals surface area (Å²) in [6.45, 7) is 0. The van der Waals surface area contributed by atoms with Crippen LogP contribution in [-0.2, 0) is 0 Å². The zero-order valence-electron chi connectivity index (χ0n) is 29.3. The molecular weight excluding hydrogens is 639 g/mol. The molecule has 0 fully saturated rings. The fourth-order valence-electron chi connectivity index (χ4n) is 7.47. The van der Waals surface area contributed by atoms with Crippen LogP contribution in [0.1, 0.15) is 0 Å². The van der Waals surface area contributed by atoms with Gasteiger partial charge in [0.15, 0.2) is 0 Å². The maximum absolute atomic E-state index is 2.40. The van der Waals surface area contributed by atoms with E-state index in [1.807, 2.05) is 0 Å². The molecule has 0 N–H and O–H groups in total. The molecule has 0 aliphatic rings. The molecular formula is C52H37N. The summed E-state index contributed by atoms with van der Waals surface area (Å²) in [5.74, 6) is 0. The second-order valence-corrected chi connectivity index (χ2v) is 13.3. The Labute approximate surface area is 311 Å². The molecule has 0 aromatic heterocycles. The highest BCUT2D eigenvalue weighted by Gasteiger charge is 2.19. The normalized spacial score (nSPS) is 11.0. The Kier molecular flexibility index (Phi) is 8.66. The fourth-order valence-corrected chi connectivity index (χ4v) is 7.47. The van der Waals surface area contributed by atoms with E-state index in [0.717, 1.165) is 17.1 Å². The van der Waals surface area contributed by atoms with Crippen molar-refractivity contribution in [1.29, 1.82) is 0 Å². The summed E-state index contributed by atoms with van der Waals surface area (Å²) in [5.41, 5.74) is 15.3. The van der Waals surface area contributed by atoms with Crippen molar-refractivity contribution in [2.45, 2.75) is 0 Å². The Morgan fingerprint density at radius 2 is 0.698 bits per heavy atom. The Bertz CT molecular complexity index is 2610. The number of benzene rings is 9. The van der Waals surface area contributed by atoms with Gasteiger partial charge in [-0.2, -0.15) is 0 Å². The Balaban J connectivity index is 1.21. The Hall–Kier alpha value is -6.96. The highest BCUT2D eigenvalue weighted by atomic mass is 15.1. The number of rotatable bonds is 8. The first-order valence-corrected chi connectivity index (χ1v) is 18.2. The molecule has 1 nitrogen and oxygen atoms in total. The fraction of sp³-hybridized carbons (Fsp3) is 0. The van der Waals surface area contributed by atoms with Crippen molar-refractivity contribution < 1.29 is 0 Å². The molecule has 250 valence electrons. The van der Waals surface area contributed by atoms with E-state index in [9.17, 15) is 0 Å². The highest BCUT2D eigenvalue weighted by Crippen LogP contribution is 2.44. The van der Waals surface area contributed by atoms with E-state index >= 15 is 0 Å². The van der Waals surface area contributed by atoms with E-state index in [0.29, 0.717) is 0 Å². The molecule has 0 saturated heterocycles. The van der Waals surface area contributed by atoms with E-state index in [4.69, 9.17) is 0 Å². The van der Waals surface area contributed by atoms with Gasteiger partial charge in [0.2, 0.25) is 0 Å². The van der Waals surface area contributed by atoms with Gasteiger partial charge in [0, 0.05) is 16.9 Å². The molecule has 0 amide bonds. The van der Waals surface area contributed by atoms with Crippen LogP contribution in [0.2, 0.25) is 0 Å². The number of hydrogen-bond donors (Lipinski definition) is 0. The average Bonchev–Trinajstić information content (AvgIpc) is 3.25. The van der Waals surface area contributed by atoms with E-state index in [2.05, 4.69) is 229 Å². The lowest BCUT2D eigenvalue weighted by Crippen LogP contribution is -2.11. The van der Waals surface area contributed by atoms with Gasteiger partial charge < -0.3 is 4.90 Å². The monoisotopic (exact) mass is 675 g/mol. The van der Waals surface area contributed by atoms with Crippen LogP contribution in [-0.4, -0.2) is 0 Å². The molecule has 0 spiro atoms. The molecule has 9 aromatic rings. The number of nitrogens with zero attached hydrogens (tertiary/aromatic N) is 1. The first-order valence-electron chi connectivity index (χ1n) is 18.2. The lowest BCUT2D eigenvalue weighted by atomic mass is 9.89. The minimum absolute atomic E-state index is 1.09. The second kappa shape index (κ2) is 14.3. The minimum Gasteiger partial charge on any atom is -0.310 e. The number of anilines is 3. The molecule has 0 radical (unpaired) electrons. The van der Waals surface area contributed by atoms with Crippen molar-refractivity contribution in [3.8, 4) is 55.6 Å². The molecule has 0 unspecified atom stereocenters. The zero-order chi connectivity index (χ0) is 35.4. The van der Waals surface area contributed by atoms with Gasteiger partial charge in [-0.1, -0.05) is 188 Å². The summed E-state index contributed by atoms with van der Waals surface area (Å²) >= 11 is 0. The molecule has 1 heteroatoms. The lowest BCUT2D eigenvalue weighted by molar-refractivity contribution is 1.28. The van der Waals surface area contributed by atoms with Crippen molar-refractivity contribution in [2.75, 3.05) is 4.90 Å². The van der Waals surface area contributed by atoms with Crippen LogP contribution in [0, 0.1) is 0 Å². The van der Waals surface area contributed by atoms with Gasteiger partial charge in [0.1, 0.15) is 0 Å². The van der Waals surface area contributed by atoms with E-state index in [-0.39, 0.29) is 0 Å². The highest BCUT2D eigenvalue weighted by molar-refractivity contribution is 6.04. The van der Waals surface area contributed by atoms with Crippen molar-refractivity contribution in [3.63, 3.8) is 0 Å². The molecule has 0 heterocycles. The standard InChI is InChI=1S/C52H37N/c1-5-15-38(16-6-1)40-25-31-46(32-26-40)53(51-36-30-45(39-17-7-2-8-18-39)37-50(51)41-19-9-3-10-20-41)47-33-27-43(28-34-47)49-35-29-42-21-13-14-24-48(42)52(49)44-22-11-4-12-23-44/h1-37H. The summed E-state index contributed by atoms with van der Waals surface area (Å²) in [7, 11) is 0. The van der Waals surface area contributed by atoms with E-state index < -0.39 is 0 Å². The van der Waals surface area contributed by atoms with Crippen LogP contribution in [0.25, 0.3) is 66.4 Å². The lowest BCUT2D eigenvalue weighted by Gasteiger charge is -2.29. The van der Waals surface area contributed by atoms with Crippen molar-refractivity contribution in [3.05, 3.63) is 224 Å². The topological polar surface area (TPSA) is 3.24 Å². The molecule has 9 rings (SSSR count). The molecule has 9 aromatic carbocycles. The smallest absolute Gasteiger partial charge is 0.0540 e. The molecule has 0 bridgehead atoms. The predicted molar refractivity (Wildman–Crippen MR) is 226 cm³/mol. The van der Waals surface area contributed by atoms with E-state index in [1.165, 1.54) is 66.4 Å². The van der Waals surface area contributed by atoms with Crippen LogP contribution in [0.5, 0.6) is 0 Å². The zero-order valence-corrected chi connectivity index (χ0v) is 29.3. The van der Waals surface area contributed by atoms with Crippen LogP contribution in [0.4, 0.5) is 17.1 Å². The van der Waals surface area contributed by atoms with Crippen LogP contribution in [0.15, 0.2) is 224 Å². The van der Waals surface area contributed by atoms with Crippen LogP contribution in [0.3, 0.4) is 0 Å². The summed E-state index contributed by atoms with van der Waals surface area (Å²) in [5, 5.41) is 2.50. The van der Waals surface area contributed by atoms with Gasteiger partial charge in [-0.25, -0.2) is 0 Å². The summed E-state index contributed by atoms with van der Waals surface area (Å²) < 4.78 is 0. The Morgan fingerprint density at radius 1 is 0.264 bits per heavy atom. The van der Waals surface area contributed by atoms with Gasteiger partial charge in [-0.15, -0.1) is 0 Å². The van der Waals surface area contributed by atoms with Gasteiger partial charge in [-0.05, 0) is 97.2 Å². The largest absolute Gasteiger partial charge is 0.310 e. The number of hydrogen-bond acceptors (Lipinski definition) is 1. The SMILES string of the molecule is c1ccc(-c2ccc(N(c3ccc(-c4ccc5ccccc5c4-c4ccccc4)cc3)c3ccc(-c4ccccc4)cc3-c3ccccc3)cc2)cc1. The van der Waals surface area contributed by atoms with Crippen LogP contribution < -0.4 is 4.90 Å². The van der Waals surface area contributed by atoms with Gasteiger partial charge >= 0.3 is 0 Å². The molecule has 53 heavy (non-hydrogen) atoms. The van der Waals surface area contributed by atoms with Gasteiger partial charge in [0.25, 0.3) is 0 Å². The first-order chi connectivity index (χ1) is 26.3. The van der Waals surface area contributed by atoms with Crippen molar-refractivity contribution in [1.82, 2.24) is 0 Å². The predicted octanol–water partition coefficient (Wildman–Crippen LogP) is 14.6. The van der Waals surface area contributed by atoms with E-state index in [1.54, 1.807) is 0 Å². The second-order valence-electron chi connectivity index (χ2n) is 13.3. The maximum Gasteiger partial charge on any atom is 0.0540 e. The summed E-state index contributed by atoms with van der Waals surface area (Å²) in [6.07, 6.45) is 0. The third-order valence-electron chi connectivity index (χ3n) is 10.1. The summed E-state index contributed by atoms with van der Waals surface area (Å²) in [6, 6.07) is 80.8. The molecule has 0 atom stereocenters. The molecule has 0 aliphatic carbocycles. The minimum atomic E-state index is 1.09. The quantitative estimate of drug-likeness (QED) is 0.155. The maximum atomic E-state index is 2.40. The summed E-state index contributed by atoms with van der Waals surface area (Å²) in [4.78, 5) is 2.40. The van der Waals surface area contributed by atoms with Gasteiger partial charge in [0.05, 0.1) is 5.69 Å². The Morgan fingerprint density at radius 3 is 1.30 bits per heavy atom. The van der Waals surface area contributed by atoms with Crippen molar-refractivity contribution in [2.24, 2.45) is 0 Å². The molecule has 0 saturated carbocycles. The number of fused-ring (bicyclic) bond motifs is 1. The first kappa shape index (κ1) is 32.0.